The van der Waals surface area contributed by atoms with Gasteiger partial charge < -0.3 is 5.32 Å². The van der Waals surface area contributed by atoms with E-state index in [0.717, 1.165) is 17.9 Å². The average molecular weight is 215 g/mol. The van der Waals surface area contributed by atoms with Crippen LogP contribution in [0.4, 0.5) is 0 Å². The number of nitrogens with one attached hydrogen (secondary N) is 1. The lowest BCUT2D eigenvalue weighted by Crippen LogP contribution is -2.31. The van der Waals surface area contributed by atoms with Crippen molar-refractivity contribution >= 4 is 0 Å². The standard InChI is InChI=1S/C15H21N/c1-2-5-12(6-3-1)15(13-7-4-8-13)11-16-14-9-10-14/h1-3,5-6,13-16H,4,7-11H2. The molecule has 1 N–H and O–H groups in total. The number of hydrogen-bond acceptors (Lipinski definition) is 1. The lowest BCUT2D eigenvalue weighted by Gasteiger charge is -2.34. The minimum absolute atomic E-state index is 0.760. The molecule has 1 aromatic carbocycles. The largest absolute Gasteiger partial charge is 0.313 e. The summed E-state index contributed by atoms with van der Waals surface area (Å²) in [5.41, 5.74) is 1.54. The molecule has 0 aliphatic heterocycles. The minimum atomic E-state index is 0.760. The van der Waals surface area contributed by atoms with Gasteiger partial charge in [-0.05, 0) is 43.1 Å². The SMILES string of the molecule is c1ccc(C(CNC2CC2)C2CCC2)cc1. The van der Waals surface area contributed by atoms with Crippen molar-refractivity contribution in [1.29, 1.82) is 0 Å². The predicted octanol–water partition coefficient (Wildman–Crippen LogP) is 3.32. The van der Waals surface area contributed by atoms with Crippen molar-refractivity contribution < 1.29 is 0 Å². The Morgan fingerprint density at radius 1 is 1.06 bits per heavy atom. The highest BCUT2D eigenvalue weighted by Gasteiger charge is 2.30. The minimum Gasteiger partial charge on any atom is -0.313 e. The first-order valence-corrected chi connectivity index (χ1v) is 6.72. The number of hydrogen-bond donors (Lipinski definition) is 1. The fraction of sp³-hybridized carbons (Fsp3) is 0.600. The van der Waals surface area contributed by atoms with Crippen LogP contribution in [-0.2, 0) is 0 Å². The van der Waals surface area contributed by atoms with Crippen LogP contribution in [0.2, 0.25) is 0 Å². The van der Waals surface area contributed by atoms with Crippen LogP contribution < -0.4 is 5.32 Å². The summed E-state index contributed by atoms with van der Waals surface area (Å²) in [5.74, 6) is 1.70. The summed E-state index contributed by atoms with van der Waals surface area (Å²) in [7, 11) is 0. The summed E-state index contributed by atoms with van der Waals surface area (Å²) in [5, 5.41) is 3.70. The van der Waals surface area contributed by atoms with Crippen molar-refractivity contribution in [3.05, 3.63) is 35.9 Å². The van der Waals surface area contributed by atoms with Gasteiger partial charge in [-0.25, -0.2) is 0 Å². The fourth-order valence-electron chi connectivity index (χ4n) is 2.68. The van der Waals surface area contributed by atoms with Crippen molar-refractivity contribution in [2.75, 3.05) is 6.54 Å². The molecule has 3 rings (SSSR count). The molecule has 0 aromatic heterocycles. The lowest BCUT2D eigenvalue weighted by molar-refractivity contribution is 0.254. The summed E-state index contributed by atoms with van der Waals surface area (Å²) in [4.78, 5) is 0. The van der Waals surface area contributed by atoms with E-state index in [1.807, 2.05) is 0 Å². The van der Waals surface area contributed by atoms with Crippen molar-refractivity contribution in [3.8, 4) is 0 Å². The zero-order valence-electron chi connectivity index (χ0n) is 9.86. The molecule has 1 heteroatoms. The van der Waals surface area contributed by atoms with Crippen molar-refractivity contribution in [3.63, 3.8) is 0 Å². The molecule has 2 aliphatic carbocycles. The molecule has 0 amide bonds. The van der Waals surface area contributed by atoms with Gasteiger partial charge in [0.15, 0.2) is 0 Å². The van der Waals surface area contributed by atoms with E-state index in [4.69, 9.17) is 0 Å². The zero-order valence-corrected chi connectivity index (χ0v) is 9.86. The monoisotopic (exact) mass is 215 g/mol. The molecule has 1 atom stereocenters. The van der Waals surface area contributed by atoms with Gasteiger partial charge in [-0.3, -0.25) is 0 Å². The fourth-order valence-corrected chi connectivity index (χ4v) is 2.68. The molecule has 1 aromatic rings. The Bertz CT molecular complexity index is 325. The third-order valence-electron chi connectivity index (χ3n) is 4.15. The molecule has 0 radical (unpaired) electrons. The second kappa shape index (κ2) is 4.58. The third-order valence-corrected chi connectivity index (χ3v) is 4.15. The van der Waals surface area contributed by atoms with Gasteiger partial charge >= 0.3 is 0 Å². The lowest BCUT2D eigenvalue weighted by atomic mass is 9.73. The van der Waals surface area contributed by atoms with Gasteiger partial charge in [0.2, 0.25) is 0 Å². The summed E-state index contributed by atoms with van der Waals surface area (Å²) in [6, 6.07) is 11.9. The van der Waals surface area contributed by atoms with Crippen molar-refractivity contribution in [2.45, 2.75) is 44.1 Å². The molecule has 2 aliphatic rings. The number of rotatable bonds is 5. The number of benzene rings is 1. The van der Waals surface area contributed by atoms with Gasteiger partial charge in [0.1, 0.15) is 0 Å². The van der Waals surface area contributed by atoms with Crippen LogP contribution in [0.15, 0.2) is 30.3 Å². The molecule has 16 heavy (non-hydrogen) atoms. The van der Waals surface area contributed by atoms with Gasteiger partial charge in [0.05, 0.1) is 0 Å². The Morgan fingerprint density at radius 2 is 1.81 bits per heavy atom. The predicted molar refractivity (Wildman–Crippen MR) is 67.5 cm³/mol. The molecular weight excluding hydrogens is 194 g/mol. The Balaban J connectivity index is 1.67. The normalized spacial score (nSPS) is 22.8. The van der Waals surface area contributed by atoms with Crippen LogP contribution in [0.5, 0.6) is 0 Å². The summed E-state index contributed by atoms with van der Waals surface area (Å²) >= 11 is 0. The first-order chi connectivity index (χ1) is 7.93. The van der Waals surface area contributed by atoms with Crippen LogP contribution in [0.1, 0.15) is 43.6 Å². The van der Waals surface area contributed by atoms with Crippen LogP contribution in [-0.4, -0.2) is 12.6 Å². The zero-order chi connectivity index (χ0) is 10.8. The topological polar surface area (TPSA) is 12.0 Å². The highest BCUT2D eigenvalue weighted by atomic mass is 14.9. The quantitative estimate of drug-likeness (QED) is 0.794. The van der Waals surface area contributed by atoms with E-state index in [1.165, 1.54) is 38.6 Å². The molecule has 2 fully saturated rings. The van der Waals surface area contributed by atoms with E-state index in [1.54, 1.807) is 5.56 Å². The third kappa shape index (κ3) is 2.30. The van der Waals surface area contributed by atoms with E-state index >= 15 is 0 Å². The molecule has 0 spiro atoms. The van der Waals surface area contributed by atoms with E-state index in [9.17, 15) is 0 Å². The van der Waals surface area contributed by atoms with Gasteiger partial charge in [-0.2, -0.15) is 0 Å². The summed E-state index contributed by atoms with van der Waals surface area (Å²) in [6.07, 6.45) is 7.10. The molecule has 0 saturated heterocycles. The van der Waals surface area contributed by atoms with Crippen LogP contribution in [0, 0.1) is 5.92 Å². The Labute approximate surface area is 98.3 Å². The smallest absolute Gasteiger partial charge is 0.00684 e. The Morgan fingerprint density at radius 3 is 2.38 bits per heavy atom. The summed E-state index contributed by atoms with van der Waals surface area (Å²) in [6.45, 7) is 1.19. The van der Waals surface area contributed by atoms with Gasteiger partial charge in [0.25, 0.3) is 0 Å². The highest BCUT2D eigenvalue weighted by Crippen LogP contribution is 2.39. The molecule has 1 unspecified atom stereocenters. The highest BCUT2D eigenvalue weighted by molar-refractivity contribution is 5.21. The Kier molecular flexibility index (Phi) is 2.96. The molecular formula is C15H21N. The molecule has 1 nitrogen and oxygen atoms in total. The molecule has 86 valence electrons. The molecule has 0 bridgehead atoms. The van der Waals surface area contributed by atoms with Crippen LogP contribution >= 0.6 is 0 Å². The van der Waals surface area contributed by atoms with E-state index in [-0.39, 0.29) is 0 Å². The van der Waals surface area contributed by atoms with Gasteiger partial charge in [0, 0.05) is 12.6 Å². The van der Waals surface area contributed by atoms with E-state index in [2.05, 4.69) is 35.6 Å². The summed E-state index contributed by atoms with van der Waals surface area (Å²) < 4.78 is 0. The first-order valence-electron chi connectivity index (χ1n) is 6.72. The maximum atomic E-state index is 3.70. The van der Waals surface area contributed by atoms with Crippen LogP contribution in [0.3, 0.4) is 0 Å². The van der Waals surface area contributed by atoms with Crippen molar-refractivity contribution in [1.82, 2.24) is 5.32 Å². The second-order valence-corrected chi connectivity index (χ2v) is 5.39. The van der Waals surface area contributed by atoms with E-state index in [0.29, 0.717) is 0 Å². The maximum Gasteiger partial charge on any atom is 0.00684 e. The Hall–Kier alpha value is -0.820. The average Bonchev–Trinajstić information content (AvgIpc) is 3.06. The molecule has 2 saturated carbocycles. The van der Waals surface area contributed by atoms with Gasteiger partial charge in [-0.15, -0.1) is 0 Å². The first kappa shape index (κ1) is 10.3. The van der Waals surface area contributed by atoms with Gasteiger partial charge in [-0.1, -0.05) is 36.8 Å². The molecule has 0 heterocycles. The van der Waals surface area contributed by atoms with Crippen LogP contribution in [0.25, 0.3) is 0 Å². The second-order valence-electron chi connectivity index (χ2n) is 5.39. The van der Waals surface area contributed by atoms with Crippen molar-refractivity contribution in [2.24, 2.45) is 5.92 Å². The maximum absolute atomic E-state index is 3.70. The van der Waals surface area contributed by atoms with E-state index < -0.39 is 0 Å².